The number of aromatic nitrogens is 4. The molecule has 13 heteroatoms. The Bertz CT molecular complexity index is 1310. The third-order valence-electron chi connectivity index (χ3n) is 6.59. The lowest BCUT2D eigenvalue weighted by molar-refractivity contribution is -0.122. The van der Waals surface area contributed by atoms with Gasteiger partial charge in [0.2, 0.25) is 18.6 Å². The molecule has 1 atom stereocenters. The lowest BCUT2D eigenvalue weighted by atomic mass is 10.1. The summed E-state index contributed by atoms with van der Waals surface area (Å²) in [4.78, 5) is 42.7. The molecular formula is C26H31ClN8O4. The zero-order valence-corrected chi connectivity index (χ0v) is 22.4. The summed E-state index contributed by atoms with van der Waals surface area (Å²) in [6.07, 6.45) is 6.61. The molecule has 0 radical (unpaired) electrons. The van der Waals surface area contributed by atoms with Gasteiger partial charge in [-0.3, -0.25) is 9.36 Å². The van der Waals surface area contributed by atoms with Gasteiger partial charge in [0.05, 0.1) is 6.04 Å². The van der Waals surface area contributed by atoms with Crippen molar-refractivity contribution in [2.45, 2.75) is 32.2 Å². The summed E-state index contributed by atoms with van der Waals surface area (Å²) < 4.78 is 12.5. The second kappa shape index (κ2) is 12.2. The van der Waals surface area contributed by atoms with Gasteiger partial charge in [-0.05, 0) is 30.5 Å². The average Bonchev–Trinajstić information content (AvgIpc) is 3.64. The predicted molar refractivity (Wildman–Crippen MR) is 144 cm³/mol. The van der Waals surface area contributed by atoms with Gasteiger partial charge in [-0.1, -0.05) is 24.6 Å². The van der Waals surface area contributed by atoms with E-state index in [1.807, 2.05) is 30.0 Å². The predicted octanol–water partition coefficient (Wildman–Crippen LogP) is 2.40. The van der Waals surface area contributed by atoms with E-state index in [0.717, 1.165) is 23.5 Å². The number of amides is 3. The summed E-state index contributed by atoms with van der Waals surface area (Å²) in [7, 11) is 0. The number of nitrogens with one attached hydrogen (secondary N) is 2. The Balaban J connectivity index is 1.24. The molecule has 0 spiro atoms. The summed E-state index contributed by atoms with van der Waals surface area (Å²) in [6.45, 7) is 4.66. The molecule has 2 aliphatic heterocycles. The number of hydrogen-bond donors (Lipinski definition) is 2. The van der Waals surface area contributed by atoms with E-state index >= 15 is 0 Å². The molecule has 39 heavy (non-hydrogen) atoms. The van der Waals surface area contributed by atoms with Crippen LogP contribution in [0.3, 0.4) is 0 Å². The van der Waals surface area contributed by atoms with Crippen molar-refractivity contribution < 1.29 is 19.1 Å². The maximum atomic E-state index is 13.0. The molecule has 2 N–H and O–H groups in total. The number of anilines is 1. The molecule has 12 nitrogen and oxygen atoms in total. The molecule has 0 aliphatic carbocycles. The van der Waals surface area contributed by atoms with Crippen LogP contribution in [0.4, 0.5) is 10.6 Å². The van der Waals surface area contributed by atoms with E-state index in [2.05, 4.69) is 25.6 Å². The average molecular weight is 555 g/mol. The number of carbonyl (C=O) groups is 2. The Morgan fingerprint density at radius 2 is 1.97 bits per heavy atom. The summed E-state index contributed by atoms with van der Waals surface area (Å²) in [5, 5.41) is 6.23. The first-order valence-electron chi connectivity index (χ1n) is 13.0. The molecule has 3 amide bonds. The van der Waals surface area contributed by atoms with Crippen molar-refractivity contribution in [3.8, 4) is 17.4 Å². The summed E-state index contributed by atoms with van der Waals surface area (Å²) in [6, 6.07) is 6.93. The van der Waals surface area contributed by atoms with Crippen LogP contribution in [-0.4, -0.2) is 81.9 Å². The van der Waals surface area contributed by atoms with E-state index in [1.54, 1.807) is 34.3 Å². The zero-order chi connectivity index (χ0) is 27.2. The summed E-state index contributed by atoms with van der Waals surface area (Å²) in [5.41, 5.74) is 1.04. The quantitative estimate of drug-likeness (QED) is 0.386. The highest BCUT2D eigenvalue weighted by atomic mass is 35.5. The second-order valence-corrected chi connectivity index (χ2v) is 9.72. The van der Waals surface area contributed by atoms with E-state index in [4.69, 9.17) is 21.1 Å². The van der Waals surface area contributed by atoms with Gasteiger partial charge in [0.15, 0.2) is 11.5 Å². The number of piperazine rings is 1. The van der Waals surface area contributed by atoms with Crippen LogP contribution in [0.1, 0.15) is 25.3 Å². The van der Waals surface area contributed by atoms with Gasteiger partial charge < -0.3 is 29.9 Å². The Morgan fingerprint density at radius 3 is 2.79 bits per heavy atom. The van der Waals surface area contributed by atoms with E-state index in [1.165, 1.54) is 0 Å². The SMILES string of the molecule is CCCNC(=O)N1CCN(c2cc(Cl)nc(-n3ccnc3)n2)CC1CC(=O)NCCc1ccc2c(c1)OCO2. The minimum absolute atomic E-state index is 0.129. The maximum absolute atomic E-state index is 13.0. The standard InChI is InChI=1S/C26H31ClN8O4/c1-2-6-30-26(37)35-11-10-33(23-14-22(27)31-25(32-23)34-9-8-28-16-34)15-19(35)13-24(36)29-7-5-18-3-4-20-21(12-18)39-17-38-20/h3-4,8-9,12,14,16,19H,2,5-7,10-11,13,15,17H2,1H3,(H,29,36)(H,30,37). The number of benzene rings is 1. The summed E-state index contributed by atoms with van der Waals surface area (Å²) in [5.74, 6) is 2.34. The molecule has 0 saturated carbocycles. The van der Waals surface area contributed by atoms with Gasteiger partial charge in [0, 0.05) is 57.6 Å². The number of halogens is 1. The van der Waals surface area contributed by atoms with Crippen LogP contribution in [-0.2, 0) is 11.2 Å². The third kappa shape index (κ3) is 6.51. The fourth-order valence-corrected chi connectivity index (χ4v) is 4.79. The van der Waals surface area contributed by atoms with Crippen LogP contribution in [0, 0.1) is 0 Å². The number of urea groups is 1. The van der Waals surface area contributed by atoms with Crippen molar-refractivity contribution in [3.05, 3.63) is 53.7 Å². The van der Waals surface area contributed by atoms with Crippen LogP contribution in [0.25, 0.3) is 5.95 Å². The molecule has 3 aromatic rings. The molecule has 2 aliphatic rings. The minimum atomic E-state index is -0.355. The lowest BCUT2D eigenvalue weighted by Gasteiger charge is -2.41. The number of carbonyl (C=O) groups excluding carboxylic acids is 2. The molecule has 1 fully saturated rings. The first-order chi connectivity index (χ1) is 19.0. The van der Waals surface area contributed by atoms with E-state index < -0.39 is 0 Å². The normalized spacial score (nSPS) is 16.3. The van der Waals surface area contributed by atoms with Gasteiger partial charge in [0.1, 0.15) is 17.3 Å². The number of fused-ring (bicyclic) bond motifs is 1. The van der Waals surface area contributed by atoms with Crippen LogP contribution in [0.15, 0.2) is 43.0 Å². The molecule has 4 heterocycles. The van der Waals surface area contributed by atoms with Crippen molar-refractivity contribution >= 4 is 29.4 Å². The number of imidazole rings is 1. The van der Waals surface area contributed by atoms with E-state index in [9.17, 15) is 9.59 Å². The first-order valence-corrected chi connectivity index (χ1v) is 13.4. The smallest absolute Gasteiger partial charge is 0.317 e. The van der Waals surface area contributed by atoms with Gasteiger partial charge in [0.25, 0.3) is 0 Å². The number of ether oxygens (including phenoxy) is 2. The molecule has 1 saturated heterocycles. The molecule has 2 aromatic heterocycles. The van der Waals surface area contributed by atoms with Crippen molar-refractivity contribution in [2.75, 3.05) is 44.4 Å². The fraction of sp³-hybridized carbons (Fsp3) is 0.423. The largest absolute Gasteiger partial charge is 0.454 e. The monoisotopic (exact) mass is 554 g/mol. The lowest BCUT2D eigenvalue weighted by Crippen LogP contribution is -2.59. The minimum Gasteiger partial charge on any atom is -0.454 e. The first kappa shape index (κ1) is 26.5. The third-order valence-corrected chi connectivity index (χ3v) is 6.79. The van der Waals surface area contributed by atoms with E-state index in [0.29, 0.717) is 56.1 Å². The van der Waals surface area contributed by atoms with Gasteiger partial charge in [-0.15, -0.1) is 0 Å². The molecule has 5 rings (SSSR count). The number of hydrogen-bond acceptors (Lipinski definition) is 8. The van der Waals surface area contributed by atoms with Gasteiger partial charge in [-0.2, -0.15) is 4.98 Å². The Morgan fingerprint density at radius 1 is 1.10 bits per heavy atom. The molecule has 0 bridgehead atoms. The van der Waals surface area contributed by atoms with Crippen LogP contribution in [0.5, 0.6) is 11.5 Å². The zero-order valence-electron chi connectivity index (χ0n) is 21.7. The van der Waals surface area contributed by atoms with Gasteiger partial charge in [-0.25, -0.2) is 14.8 Å². The molecule has 1 unspecified atom stereocenters. The van der Waals surface area contributed by atoms with Gasteiger partial charge >= 0.3 is 6.03 Å². The Hall–Kier alpha value is -4.06. The van der Waals surface area contributed by atoms with Crippen LogP contribution < -0.4 is 25.0 Å². The topological polar surface area (TPSA) is 127 Å². The Kier molecular flexibility index (Phi) is 8.30. The van der Waals surface area contributed by atoms with Crippen molar-refractivity contribution in [1.29, 1.82) is 0 Å². The second-order valence-electron chi connectivity index (χ2n) is 9.34. The summed E-state index contributed by atoms with van der Waals surface area (Å²) >= 11 is 6.32. The number of nitrogens with zero attached hydrogens (tertiary/aromatic N) is 6. The maximum Gasteiger partial charge on any atom is 0.317 e. The van der Waals surface area contributed by atoms with Crippen LogP contribution in [0.2, 0.25) is 5.15 Å². The van der Waals surface area contributed by atoms with E-state index in [-0.39, 0.29) is 31.2 Å². The highest BCUT2D eigenvalue weighted by Crippen LogP contribution is 2.32. The Labute approximate surface area is 231 Å². The highest BCUT2D eigenvalue weighted by molar-refractivity contribution is 6.29. The molecule has 206 valence electrons. The van der Waals surface area contributed by atoms with Crippen LogP contribution >= 0.6 is 11.6 Å². The molecular weight excluding hydrogens is 524 g/mol. The highest BCUT2D eigenvalue weighted by Gasteiger charge is 2.33. The van der Waals surface area contributed by atoms with Crippen molar-refractivity contribution in [2.24, 2.45) is 0 Å². The van der Waals surface area contributed by atoms with Crippen molar-refractivity contribution in [1.82, 2.24) is 35.1 Å². The number of rotatable bonds is 9. The molecule has 1 aromatic carbocycles. The fourth-order valence-electron chi connectivity index (χ4n) is 4.62. The van der Waals surface area contributed by atoms with Crippen molar-refractivity contribution in [3.63, 3.8) is 0 Å².